The molecule has 4 heteroatoms. The van der Waals surface area contributed by atoms with E-state index in [9.17, 15) is 5.11 Å². The Morgan fingerprint density at radius 3 is 2.94 bits per heavy atom. The van der Waals surface area contributed by atoms with Crippen LogP contribution < -0.4 is 5.32 Å². The van der Waals surface area contributed by atoms with Crippen LogP contribution in [0.5, 0.6) is 0 Å². The standard InChI is InChI=1S/C13H15BrN2O/c1-8-6-12(15-7-9(2)17)10-4-3-5-11(14)13(10)16-8/h3-6,9,17H,7H2,1-2H3,(H,15,16). The first-order valence-electron chi connectivity index (χ1n) is 5.55. The Hall–Kier alpha value is -1.13. The first-order chi connectivity index (χ1) is 8.08. The van der Waals surface area contributed by atoms with Gasteiger partial charge in [0, 0.05) is 27.8 Å². The van der Waals surface area contributed by atoms with Gasteiger partial charge in [-0.25, -0.2) is 0 Å². The van der Waals surface area contributed by atoms with Crippen molar-refractivity contribution in [3.8, 4) is 0 Å². The summed E-state index contributed by atoms with van der Waals surface area (Å²) in [4.78, 5) is 4.51. The van der Waals surface area contributed by atoms with Crippen molar-refractivity contribution in [3.05, 3.63) is 34.4 Å². The number of rotatable bonds is 3. The third kappa shape index (κ3) is 2.76. The van der Waals surface area contributed by atoms with E-state index in [4.69, 9.17) is 0 Å². The van der Waals surface area contributed by atoms with Crippen molar-refractivity contribution in [2.24, 2.45) is 0 Å². The summed E-state index contributed by atoms with van der Waals surface area (Å²) in [6, 6.07) is 7.98. The molecule has 1 unspecified atom stereocenters. The van der Waals surface area contributed by atoms with E-state index in [-0.39, 0.29) is 6.10 Å². The Kier molecular flexibility index (Phi) is 3.64. The van der Waals surface area contributed by atoms with Gasteiger partial charge < -0.3 is 10.4 Å². The fraction of sp³-hybridized carbons (Fsp3) is 0.308. The van der Waals surface area contributed by atoms with E-state index in [1.807, 2.05) is 31.2 Å². The first-order valence-corrected chi connectivity index (χ1v) is 6.35. The summed E-state index contributed by atoms with van der Waals surface area (Å²) in [6.07, 6.45) is -0.370. The lowest BCUT2D eigenvalue weighted by atomic mass is 10.1. The van der Waals surface area contributed by atoms with Gasteiger partial charge in [0.25, 0.3) is 0 Å². The van der Waals surface area contributed by atoms with Crippen LogP contribution in [0.1, 0.15) is 12.6 Å². The number of fused-ring (bicyclic) bond motifs is 1. The largest absolute Gasteiger partial charge is 0.392 e. The van der Waals surface area contributed by atoms with Crippen molar-refractivity contribution in [2.75, 3.05) is 11.9 Å². The highest BCUT2D eigenvalue weighted by atomic mass is 79.9. The average Bonchev–Trinajstić information content (AvgIpc) is 2.27. The number of para-hydroxylation sites is 1. The van der Waals surface area contributed by atoms with Crippen LogP contribution >= 0.6 is 15.9 Å². The zero-order valence-electron chi connectivity index (χ0n) is 9.87. The van der Waals surface area contributed by atoms with Crippen LogP contribution in [0.4, 0.5) is 5.69 Å². The minimum absolute atomic E-state index is 0.370. The quantitative estimate of drug-likeness (QED) is 0.914. The van der Waals surface area contributed by atoms with Crippen LogP contribution in [0.15, 0.2) is 28.7 Å². The number of halogens is 1. The number of aliphatic hydroxyl groups is 1. The third-order valence-electron chi connectivity index (χ3n) is 2.51. The van der Waals surface area contributed by atoms with Gasteiger partial charge in [-0.05, 0) is 41.9 Å². The van der Waals surface area contributed by atoms with E-state index in [0.717, 1.165) is 26.8 Å². The van der Waals surface area contributed by atoms with Gasteiger partial charge >= 0.3 is 0 Å². The van der Waals surface area contributed by atoms with Crippen molar-refractivity contribution in [2.45, 2.75) is 20.0 Å². The predicted molar refractivity (Wildman–Crippen MR) is 74.4 cm³/mol. The topological polar surface area (TPSA) is 45.1 Å². The van der Waals surface area contributed by atoms with Gasteiger partial charge in [-0.15, -0.1) is 0 Å². The van der Waals surface area contributed by atoms with Gasteiger partial charge in [-0.1, -0.05) is 12.1 Å². The molecule has 2 rings (SSSR count). The number of nitrogens with one attached hydrogen (secondary N) is 1. The van der Waals surface area contributed by atoms with E-state index >= 15 is 0 Å². The molecule has 2 aromatic rings. The van der Waals surface area contributed by atoms with E-state index < -0.39 is 0 Å². The number of aliphatic hydroxyl groups excluding tert-OH is 1. The van der Waals surface area contributed by atoms with E-state index in [1.165, 1.54) is 0 Å². The molecule has 1 aromatic carbocycles. The first kappa shape index (κ1) is 12.3. The van der Waals surface area contributed by atoms with Gasteiger partial charge in [0.15, 0.2) is 0 Å². The molecule has 0 fully saturated rings. The number of benzene rings is 1. The van der Waals surface area contributed by atoms with Crippen LogP contribution in [0.2, 0.25) is 0 Å². The van der Waals surface area contributed by atoms with Crippen molar-refractivity contribution >= 4 is 32.5 Å². The molecule has 0 aliphatic heterocycles. The minimum atomic E-state index is -0.370. The molecule has 1 heterocycles. The molecule has 0 aliphatic rings. The zero-order valence-corrected chi connectivity index (χ0v) is 11.5. The highest BCUT2D eigenvalue weighted by Crippen LogP contribution is 2.28. The molecule has 0 saturated heterocycles. The summed E-state index contributed by atoms with van der Waals surface area (Å²) in [5, 5.41) is 13.6. The summed E-state index contributed by atoms with van der Waals surface area (Å²) in [5.74, 6) is 0. The lowest BCUT2D eigenvalue weighted by Crippen LogP contribution is -2.15. The van der Waals surface area contributed by atoms with Crippen molar-refractivity contribution in [3.63, 3.8) is 0 Å². The van der Waals surface area contributed by atoms with Gasteiger partial charge in [-0.2, -0.15) is 0 Å². The molecule has 0 amide bonds. The molecular formula is C13H15BrN2O. The van der Waals surface area contributed by atoms with Gasteiger partial charge in [-0.3, -0.25) is 4.98 Å². The lowest BCUT2D eigenvalue weighted by Gasteiger charge is -2.12. The molecule has 0 bridgehead atoms. The number of nitrogens with zero attached hydrogens (tertiary/aromatic N) is 1. The number of hydrogen-bond acceptors (Lipinski definition) is 3. The normalized spacial score (nSPS) is 12.7. The van der Waals surface area contributed by atoms with E-state index in [2.05, 4.69) is 26.2 Å². The van der Waals surface area contributed by atoms with Crippen LogP contribution in [0, 0.1) is 6.92 Å². The number of pyridine rings is 1. The fourth-order valence-corrected chi connectivity index (χ4v) is 2.20. The number of aryl methyl sites for hydroxylation is 1. The van der Waals surface area contributed by atoms with Gasteiger partial charge in [0.2, 0.25) is 0 Å². The minimum Gasteiger partial charge on any atom is -0.392 e. The van der Waals surface area contributed by atoms with Crippen molar-refractivity contribution in [1.29, 1.82) is 0 Å². The second-order valence-electron chi connectivity index (χ2n) is 4.18. The van der Waals surface area contributed by atoms with Gasteiger partial charge in [0.1, 0.15) is 0 Å². The molecule has 0 spiro atoms. The molecule has 0 radical (unpaired) electrons. The predicted octanol–water partition coefficient (Wildman–Crippen LogP) is 3.10. The Bertz CT molecular complexity index is 540. The zero-order chi connectivity index (χ0) is 12.4. The lowest BCUT2D eigenvalue weighted by molar-refractivity contribution is 0.208. The highest BCUT2D eigenvalue weighted by Gasteiger charge is 2.06. The van der Waals surface area contributed by atoms with Crippen LogP contribution in [0.25, 0.3) is 10.9 Å². The Morgan fingerprint density at radius 1 is 1.47 bits per heavy atom. The van der Waals surface area contributed by atoms with E-state index in [1.54, 1.807) is 6.92 Å². The summed E-state index contributed by atoms with van der Waals surface area (Å²) >= 11 is 3.51. The Morgan fingerprint density at radius 2 is 2.24 bits per heavy atom. The van der Waals surface area contributed by atoms with Crippen LogP contribution in [-0.2, 0) is 0 Å². The third-order valence-corrected chi connectivity index (χ3v) is 3.15. The summed E-state index contributed by atoms with van der Waals surface area (Å²) in [6.45, 7) is 4.26. The summed E-state index contributed by atoms with van der Waals surface area (Å²) in [7, 11) is 0. The van der Waals surface area contributed by atoms with Crippen molar-refractivity contribution < 1.29 is 5.11 Å². The van der Waals surface area contributed by atoms with Gasteiger partial charge in [0.05, 0.1) is 11.6 Å². The van der Waals surface area contributed by atoms with Crippen molar-refractivity contribution in [1.82, 2.24) is 4.98 Å². The summed E-state index contributed by atoms with van der Waals surface area (Å²) < 4.78 is 0.985. The fourth-order valence-electron chi connectivity index (χ4n) is 1.75. The number of aromatic nitrogens is 1. The summed E-state index contributed by atoms with van der Waals surface area (Å²) in [5.41, 5.74) is 2.91. The van der Waals surface area contributed by atoms with E-state index in [0.29, 0.717) is 6.54 Å². The highest BCUT2D eigenvalue weighted by molar-refractivity contribution is 9.10. The number of hydrogen-bond donors (Lipinski definition) is 2. The maximum Gasteiger partial charge on any atom is 0.0867 e. The van der Waals surface area contributed by atoms with Crippen LogP contribution in [-0.4, -0.2) is 22.7 Å². The maximum absolute atomic E-state index is 9.32. The molecule has 1 atom stereocenters. The molecule has 17 heavy (non-hydrogen) atoms. The SMILES string of the molecule is Cc1cc(NCC(C)O)c2cccc(Br)c2n1. The second kappa shape index (κ2) is 5.02. The molecule has 0 aliphatic carbocycles. The Balaban J connectivity index is 2.50. The second-order valence-corrected chi connectivity index (χ2v) is 5.03. The molecular weight excluding hydrogens is 280 g/mol. The molecule has 2 N–H and O–H groups in total. The number of anilines is 1. The smallest absolute Gasteiger partial charge is 0.0867 e. The molecule has 0 saturated carbocycles. The maximum atomic E-state index is 9.32. The molecule has 3 nitrogen and oxygen atoms in total. The Labute approximate surface area is 109 Å². The monoisotopic (exact) mass is 294 g/mol. The molecule has 1 aromatic heterocycles. The molecule has 90 valence electrons. The average molecular weight is 295 g/mol. The van der Waals surface area contributed by atoms with Crippen LogP contribution in [0.3, 0.4) is 0 Å².